The van der Waals surface area contributed by atoms with Gasteiger partial charge >= 0.3 is 0 Å². The lowest BCUT2D eigenvalue weighted by molar-refractivity contribution is 0.104. The van der Waals surface area contributed by atoms with Gasteiger partial charge in [-0.25, -0.2) is 0 Å². The lowest BCUT2D eigenvalue weighted by atomic mass is 10.0. The van der Waals surface area contributed by atoms with Crippen molar-refractivity contribution in [3.05, 3.63) is 75.8 Å². The third kappa shape index (κ3) is 3.14. The average Bonchev–Trinajstić information content (AvgIpc) is 2.46. The maximum absolute atomic E-state index is 12.3. The van der Waals surface area contributed by atoms with Crippen molar-refractivity contribution in [2.75, 3.05) is 0 Å². The Balaban J connectivity index is 2.41. The Morgan fingerprint density at radius 3 is 2.60 bits per heavy atom. The van der Waals surface area contributed by atoms with Gasteiger partial charge < -0.3 is 0 Å². The number of hydrogen-bond donors (Lipinski definition) is 0. The van der Waals surface area contributed by atoms with Crippen molar-refractivity contribution >= 4 is 23.5 Å². The van der Waals surface area contributed by atoms with Gasteiger partial charge in [-0.2, -0.15) is 5.26 Å². The van der Waals surface area contributed by atoms with E-state index in [1.807, 2.05) is 25.1 Å². The monoisotopic (exact) mass is 281 g/mol. The first-order valence-electron chi connectivity index (χ1n) is 6.09. The molecule has 0 heterocycles. The Morgan fingerprint density at radius 1 is 1.20 bits per heavy atom. The van der Waals surface area contributed by atoms with Crippen LogP contribution in [0.15, 0.2) is 54.1 Å². The number of nitriles is 1. The van der Waals surface area contributed by atoms with E-state index >= 15 is 0 Å². The second-order valence-corrected chi connectivity index (χ2v) is 4.80. The van der Waals surface area contributed by atoms with Gasteiger partial charge in [-0.15, -0.1) is 0 Å². The number of hydrogen-bond acceptors (Lipinski definition) is 2. The zero-order valence-corrected chi connectivity index (χ0v) is 11.7. The van der Waals surface area contributed by atoms with E-state index < -0.39 is 0 Å². The minimum Gasteiger partial charge on any atom is -0.288 e. The van der Waals surface area contributed by atoms with Crippen LogP contribution in [0, 0.1) is 18.3 Å². The van der Waals surface area contributed by atoms with Crippen LogP contribution in [0.25, 0.3) is 6.08 Å². The Bertz CT molecular complexity index is 726. The van der Waals surface area contributed by atoms with Crippen molar-refractivity contribution in [3.63, 3.8) is 0 Å². The summed E-state index contributed by atoms with van der Waals surface area (Å²) in [5.41, 5.74) is 2.21. The maximum Gasteiger partial charge on any atom is 0.203 e. The molecule has 0 aliphatic rings. The average molecular weight is 282 g/mol. The summed E-state index contributed by atoms with van der Waals surface area (Å²) in [6.45, 7) is 1.90. The van der Waals surface area contributed by atoms with Crippen molar-refractivity contribution in [1.29, 1.82) is 5.26 Å². The summed E-state index contributed by atoms with van der Waals surface area (Å²) in [7, 11) is 0. The number of nitrogens with zero attached hydrogens (tertiary/aromatic N) is 1. The summed E-state index contributed by atoms with van der Waals surface area (Å²) >= 11 is 6.04. The van der Waals surface area contributed by atoms with Gasteiger partial charge in [0.25, 0.3) is 0 Å². The molecule has 0 fully saturated rings. The summed E-state index contributed by atoms with van der Waals surface area (Å²) in [5, 5.41) is 9.71. The molecule has 98 valence electrons. The molecular weight excluding hydrogens is 270 g/mol. The van der Waals surface area contributed by atoms with Gasteiger partial charge in [-0.1, -0.05) is 53.6 Å². The van der Waals surface area contributed by atoms with Crippen LogP contribution in [0.3, 0.4) is 0 Å². The van der Waals surface area contributed by atoms with Gasteiger partial charge in [0.2, 0.25) is 5.78 Å². The minimum atomic E-state index is -0.295. The largest absolute Gasteiger partial charge is 0.288 e. The predicted molar refractivity (Wildman–Crippen MR) is 80.6 cm³/mol. The normalized spacial score (nSPS) is 10.9. The predicted octanol–water partition coefficient (Wildman–Crippen LogP) is 4.44. The van der Waals surface area contributed by atoms with E-state index in [-0.39, 0.29) is 11.4 Å². The van der Waals surface area contributed by atoms with Gasteiger partial charge in [-0.05, 0) is 30.7 Å². The lowest BCUT2D eigenvalue weighted by Gasteiger charge is -2.02. The molecule has 20 heavy (non-hydrogen) atoms. The highest BCUT2D eigenvalue weighted by molar-refractivity contribution is 6.32. The third-order valence-corrected chi connectivity index (χ3v) is 3.19. The molecule has 0 bridgehead atoms. The van der Waals surface area contributed by atoms with Crippen LogP contribution in [0.2, 0.25) is 5.02 Å². The number of carbonyl (C=O) groups excluding carboxylic acids is 1. The van der Waals surface area contributed by atoms with Crippen LogP contribution in [-0.2, 0) is 0 Å². The van der Waals surface area contributed by atoms with Gasteiger partial charge in [0.1, 0.15) is 11.6 Å². The molecule has 0 spiro atoms. The highest BCUT2D eigenvalue weighted by Crippen LogP contribution is 2.20. The fourth-order valence-electron chi connectivity index (χ4n) is 1.84. The van der Waals surface area contributed by atoms with Gasteiger partial charge in [0.15, 0.2) is 0 Å². The van der Waals surface area contributed by atoms with Crippen molar-refractivity contribution in [2.24, 2.45) is 0 Å². The van der Waals surface area contributed by atoms with Crippen LogP contribution < -0.4 is 0 Å². The number of allylic oxidation sites excluding steroid dienone is 1. The number of benzene rings is 2. The third-order valence-electron chi connectivity index (χ3n) is 2.85. The SMILES string of the molecule is Cc1cccc(C(=O)/C(C#N)=C/c2ccccc2Cl)c1. The first-order chi connectivity index (χ1) is 9.61. The Hall–Kier alpha value is -2.37. The molecule has 0 radical (unpaired) electrons. The van der Waals surface area contributed by atoms with E-state index in [1.165, 1.54) is 6.08 Å². The van der Waals surface area contributed by atoms with E-state index in [4.69, 9.17) is 11.6 Å². The van der Waals surface area contributed by atoms with Crippen LogP contribution >= 0.6 is 11.6 Å². The molecular formula is C17H12ClNO. The highest BCUT2D eigenvalue weighted by Gasteiger charge is 2.12. The van der Waals surface area contributed by atoms with Crippen molar-refractivity contribution in [1.82, 2.24) is 0 Å². The molecule has 0 saturated carbocycles. The van der Waals surface area contributed by atoms with Gasteiger partial charge in [0, 0.05) is 10.6 Å². The smallest absolute Gasteiger partial charge is 0.203 e. The second-order valence-electron chi connectivity index (χ2n) is 4.39. The molecule has 2 nitrogen and oxygen atoms in total. The number of Topliss-reactive ketones (excluding diaryl/α,β-unsaturated/α-hetero) is 1. The van der Waals surface area contributed by atoms with Crippen LogP contribution in [0.5, 0.6) is 0 Å². The first-order valence-corrected chi connectivity index (χ1v) is 6.47. The Labute approximate surface area is 122 Å². The molecule has 2 rings (SSSR count). The summed E-state index contributed by atoms with van der Waals surface area (Å²) in [6.07, 6.45) is 1.52. The highest BCUT2D eigenvalue weighted by atomic mass is 35.5. The molecule has 0 atom stereocenters. The molecule has 2 aromatic rings. The molecule has 0 aliphatic heterocycles. The molecule has 0 saturated heterocycles. The van der Waals surface area contributed by atoms with Crippen molar-refractivity contribution < 1.29 is 4.79 Å². The minimum absolute atomic E-state index is 0.0729. The van der Waals surface area contributed by atoms with E-state index in [0.717, 1.165) is 5.56 Å². The Kier molecular flexibility index (Phi) is 4.34. The van der Waals surface area contributed by atoms with E-state index in [2.05, 4.69) is 0 Å². The fourth-order valence-corrected chi connectivity index (χ4v) is 2.03. The molecule has 0 aromatic heterocycles. The van der Waals surface area contributed by atoms with E-state index in [0.29, 0.717) is 16.1 Å². The fraction of sp³-hybridized carbons (Fsp3) is 0.0588. The zero-order chi connectivity index (χ0) is 14.5. The van der Waals surface area contributed by atoms with E-state index in [9.17, 15) is 10.1 Å². The maximum atomic E-state index is 12.3. The molecule has 0 N–H and O–H groups in total. The summed E-state index contributed by atoms with van der Waals surface area (Å²) in [6, 6.07) is 16.2. The van der Waals surface area contributed by atoms with Crippen LogP contribution in [0.4, 0.5) is 0 Å². The number of rotatable bonds is 3. The second kappa shape index (κ2) is 6.18. The van der Waals surface area contributed by atoms with Crippen molar-refractivity contribution in [2.45, 2.75) is 6.92 Å². The quantitative estimate of drug-likeness (QED) is 0.474. The molecule has 0 aliphatic carbocycles. The zero-order valence-electron chi connectivity index (χ0n) is 10.9. The number of halogens is 1. The van der Waals surface area contributed by atoms with Crippen molar-refractivity contribution in [3.8, 4) is 6.07 Å². The molecule has 2 aromatic carbocycles. The summed E-state index contributed by atoms with van der Waals surface area (Å²) < 4.78 is 0. The number of carbonyl (C=O) groups is 1. The molecule has 3 heteroatoms. The molecule has 0 unspecified atom stereocenters. The standard InChI is InChI=1S/C17H12ClNO/c1-12-5-4-7-14(9-12)17(20)15(11-19)10-13-6-2-3-8-16(13)18/h2-10H,1H3/b15-10+. The lowest BCUT2D eigenvalue weighted by Crippen LogP contribution is -2.02. The van der Waals surface area contributed by atoms with Crippen LogP contribution in [0.1, 0.15) is 21.5 Å². The number of ketones is 1. The van der Waals surface area contributed by atoms with Crippen LogP contribution in [-0.4, -0.2) is 5.78 Å². The summed E-state index contributed by atoms with van der Waals surface area (Å²) in [5.74, 6) is -0.295. The molecule has 0 amide bonds. The van der Waals surface area contributed by atoms with Gasteiger partial charge in [0.05, 0.1) is 0 Å². The Morgan fingerprint density at radius 2 is 1.95 bits per heavy atom. The first kappa shape index (κ1) is 14.0. The summed E-state index contributed by atoms with van der Waals surface area (Å²) in [4.78, 5) is 12.3. The van der Waals surface area contributed by atoms with E-state index in [1.54, 1.807) is 36.4 Å². The topological polar surface area (TPSA) is 40.9 Å². The van der Waals surface area contributed by atoms with Gasteiger partial charge in [-0.3, -0.25) is 4.79 Å². The number of aryl methyl sites for hydroxylation is 1.